The highest BCUT2D eigenvalue weighted by atomic mass is 35.5. The van der Waals surface area contributed by atoms with Crippen LogP contribution in [0.5, 0.6) is 5.75 Å². The first-order chi connectivity index (χ1) is 12.0. The van der Waals surface area contributed by atoms with Gasteiger partial charge in [0.05, 0.1) is 11.1 Å². The topological polar surface area (TPSA) is 62.1 Å². The van der Waals surface area contributed by atoms with E-state index in [0.29, 0.717) is 10.8 Å². The van der Waals surface area contributed by atoms with Gasteiger partial charge in [-0.1, -0.05) is 48.0 Å². The Bertz CT molecular complexity index is 812. The van der Waals surface area contributed by atoms with Crippen molar-refractivity contribution in [2.45, 2.75) is 25.3 Å². The summed E-state index contributed by atoms with van der Waals surface area (Å²) in [6, 6.07) is 17.5. The van der Waals surface area contributed by atoms with Crippen LogP contribution in [0.15, 0.2) is 48.5 Å². The van der Waals surface area contributed by atoms with Crippen LogP contribution in [-0.2, 0) is 4.79 Å². The van der Waals surface area contributed by atoms with E-state index >= 15 is 0 Å². The van der Waals surface area contributed by atoms with E-state index in [9.17, 15) is 10.1 Å². The van der Waals surface area contributed by atoms with Crippen molar-refractivity contribution in [1.29, 1.82) is 5.26 Å². The smallest absolute Gasteiger partial charge is 0.259 e. The number of rotatable bonds is 6. The molecule has 1 fully saturated rings. The number of halogens is 1. The number of nitrogens with one attached hydrogen (secondary N) is 1. The van der Waals surface area contributed by atoms with E-state index in [4.69, 9.17) is 16.3 Å². The van der Waals surface area contributed by atoms with Crippen molar-refractivity contribution in [2.24, 2.45) is 5.92 Å². The standard InChI is InChI=1S/C20H19ClN2O2/c1-20(13-22,16-8-9-16)23-19(24)12-25-18-10-7-15(11-17(18)21)14-5-3-2-4-6-14/h2-7,10-11,16H,8-9,12H2,1H3,(H,23,24). The third-order valence-corrected chi connectivity index (χ3v) is 4.72. The van der Waals surface area contributed by atoms with E-state index in [-0.39, 0.29) is 18.4 Å². The second-order valence-electron chi connectivity index (χ2n) is 6.44. The predicted molar refractivity (Wildman–Crippen MR) is 97.3 cm³/mol. The third kappa shape index (κ3) is 4.12. The molecule has 0 saturated heterocycles. The van der Waals surface area contributed by atoms with E-state index < -0.39 is 5.54 Å². The SMILES string of the molecule is CC(C#N)(NC(=O)COc1ccc(-c2ccccc2)cc1Cl)C1CC1. The lowest BCUT2D eigenvalue weighted by Crippen LogP contribution is -2.48. The van der Waals surface area contributed by atoms with Gasteiger partial charge in [0.25, 0.3) is 5.91 Å². The second-order valence-corrected chi connectivity index (χ2v) is 6.84. The molecule has 0 aliphatic heterocycles. The minimum Gasteiger partial charge on any atom is -0.482 e. The zero-order valence-corrected chi connectivity index (χ0v) is 14.7. The molecule has 0 heterocycles. The average molecular weight is 355 g/mol. The number of amides is 1. The van der Waals surface area contributed by atoms with E-state index in [1.165, 1.54) is 0 Å². The lowest BCUT2D eigenvalue weighted by molar-refractivity contribution is -0.124. The van der Waals surface area contributed by atoms with Crippen LogP contribution in [0.2, 0.25) is 5.02 Å². The Balaban J connectivity index is 1.62. The van der Waals surface area contributed by atoms with Gasteiger partial charge in [0.2, 0.25) is 0 Å². The molecule has 1 saturated carbocycles. The molecule has 1 N–H and O–H groups in total. The zero-order chi connectivity index (χ0) is 17.9. The molecular formula is C20H19ClN2O2. The van der Waals surface area contributed by atoms with Gasteiger partial charge in [0, 0.05) is 0 Å². The molecule has 0 bridgehead atoms. The first kappa shape index (κ1) is 17.3. The van der Waals surface area contributed by atoms with Gasteiger partial charge in [-0.05, 0) is 48.9 Å². The molecular weight excluding hydrogens is 336 g/mol. The highest BCUT2D eigenvalue weighted by molar-refractivity contribution is 6.32. The van der Waals surface area contributed by atoms with Gasteiger partial charge >= 0.3 is 0 Å². The number of carbonyl (C=O) groups excluding carboxylic acids is 1. The quantitative estimate of drug-likeness (QED) is 0.845. The highest BCUT2D eigenvalue weighted by Gasteiger charge is 2.43. The van der Waals surface area contributed by atoms with Crippen molar-refractivity contribution in [1.82, 2.24) is 5.32 Å². The van der Waals surface area contributed by atoms with Gasteiger partial charge in [-0.15, -0.1) is 0 Å². The van der Waals surface area contributed by atoms with Gasteiger partial charge in [0.15, 0.2) is 6.61 Å². The molecule has 5 heteroatoms. The second kappa shape index (κ2) is 7.16. The minimum absolute atomic E-state index is 0.172. The van der Waals surface area contributed by atoms with E-state index in [2.05, 4.69) is 11.4 Å². The molecule has 128 valence electrons. The first-order valence-electron chi connectivity index (χ1n) is 8.22. The van der Waals surface area contributed by atoms with Crippen molar-refractivity contribution < 1.29 is 9.53 Å². The maximum atomic E-state index is 12.1. The molecule has 2 aromatic carbocycles. The molecule has 1 unspecified atom stereocenters. The summed E-state index contributed by atoms with van der Waals surface area (Å²) in [5.74, 6) is 0.357. The Morgan fingerprint density at radius 3 is 2.60 bits per heavy atom. The van der Waals surface area contributed by atoms with E-state index in [0.717, 1.165) is 24.0 Å². The number of nitrogens with zero attached hydrogens (tertiary/aromatic N) is 1. The Kier molecular flexibility index (Phi) is 4.96. The van der Waals surface area contributed by atoms with Crippen LogP contribution >= 0.6 is 11.6 Å². The van der Waals surface area contributed by atoms with Crippen molar-refractivity contribution >= 4 is 17.5 Å². The molecule has 4 nitrogen and oxygen atoms in total. The Morgan fingerprint density at radius 2 is 2.00 bits per heavy atom. The van der Waals surface area contributed by atoms with Gasteiger partial charge in [-0.25, -0.2) is 0 Å². The molecule has 1 aliphatic rings. The summed E-state index contributed by atoms with van der Waals surface area (Å²) in [7, 11) is 0. The predicted octanol–water partition coefficient (Wildman–Crippen LogP) is 4.19. The molecule has 3 rings (SSSR count). The van der Waals surface area contributed by atoms with Crippen molar-refractivity contribution in [3.05, 3.63) is 53.6 Å². The molecule has 0 spiro atoms. The molecule has 25 heavy (non-hydrogen) atoms. The zero-order valence-electron chi connectivity index (χ0n) is 14.0. The normalized spacial score (nSPS) is 15.7. The highest BCUT2D eigenvalue weighted by Crippen LogP contribution is 2.39. The number of nitriles is 1. The van der Waals surface area contributed by atoms with Crippen LogP contribution < -0.4 is 10.1 Å². The number of ether oxygens (including phenoxy) is 1. The lowest BCUT2D eigenvalue weighted by Gasteiger charge is -2.22. The molecule has 2 aromatic rings. The van der Waals surface area contributed by atoms with Gasteiger partial charge in [0.1, 0.15) is 11.3 Å². The largest absolute Gasteiger partial charge is 0.482 e. The maximum absolute atomic E-state index is 12.1. The molecule has 1 atom stereocenters. The Hall–Kier alpha value is -2.51. The lowest BCUT2D eigenvalue weighted by atomic mass is 9.98. The third-order valence-electron chi connectivity index (χ3n) is 4.42. The molecule has 1 aliphatic carbocycles. The van der Waals surface area contributed by atoms with E-state index in [1.54, 1.807) is 13.0 Å². The van der Waals surface area contributed by atoms with Crippen LogP contribution in [0.4, 0.5) is 0 Å². The molecule has 1 amide bonds. The number of hydrogen-bond donors (Lipinski definition) is 1. The summed E-state index contributed by atoms with van der Waals surface area (Å²) < 4.78 is 5.53. The van der Waals surface area contributed by atoms with Gasteiger partial charge in [-0.2, -0.15) is 5.26 Å². The van der Waals surface area contributed by atoms with Crippen LogP contribution in [0.3, 0.4) is 0 Å². The Morgan fingerprint density at radius 1 is 1.28 bits per heavy atom. The fourth-order valence-corrected chi connectivity index (χ4v) is 3.01. The van der Waals surface area contributed by atoms with E-state index in [1.807, 2.05) is 42.5 Å². The van der Waals surface area contributed by atoms with Gasteiger partial charge < -0.3 is 10.1 Å². The number of hydrogen-bond acceptors (Lipinski definition) is 3. The summed E-state index contributed by atoms with van der Waals surface area (Å²) in [6.45, 7) is 1.58. The monoisotopic (exact) mass is 354 g/mol. The first-order valence-corrected chi connectivity index (χ1v) is 8.59. The summed E-state index contributed by atoms with van der Waals surface area (Å²) in [5.41, 5.74) is 1.22. The Labute approximate surface area is 152 Å². The summed E-state index contributed by atoms with van der Waals surface area (Å²) in [6.07, 6.45) is 1.94. The fourth-order valence-electron chi connectivity index (χ4n) is 2.78. The summed E-state index contributed by atoms with van der Waals surface area (Å²) in [5, 5.41) is 12.5. The van der Waals surface area contributed by atoms with Crippen molar-refractivity contribution in [3.8, 4) is 22.9 Å². The van der Waals surface area contributed by atoms with Crippen LogP contribution in [0, 0.1) is 17.2 Å². The van der Waals surface area contributed by atoms with Crippen molar-refractivity contribution in [3.63, 3.8) is 0 Å². The van der Waals surface area contributed by atoms with Crippen LogP contribution in [0.1, 0.15) is 19.8 Å². The van der Waals surface area contributed by atoms with Gasteiger partial charge in [-0.3, -0.25) is 4.79 Å². The van der Waals surface area contributed by atoms with Crippen LogP contribution in [0.25, 0.3) is 11.1 Å². The number of carbonyl (C=O) groups is 1. The summed E-state index contributed by atoms with van der Waals surface area (Å²) in [4.78, 5) is 12.1. The van der Waals surface area contributed by atoms with Crippen molar-refractivity contribution in [2.75, 3.05) is 6.61 Å². The van der Waals surface area contributed by atoms with Crippen LogP contribution in [-0.4, -0.2) is 18.1 Å². The molecule has 0 radical (unpaired) electrons. The fraction of sp³-hybridized carbons (Fsp3) is 0.300. The molecule has 0 aromatic heterocycles. The maximum Gasteiger partial charge on any atom is 0.259 e. The average Bonchev–Trinajstić information content (AvgIpc) is 3.47. The minimum atomic E-state index is -0.818. The number of benzene rings is 2. The summed E-state index contributed by atoms with van der Waals surface area (Å²) >= 11 is 6.27.